The van der Waals surface area contributed by atoms with Gasteiger partial charge in [-0.05, 0) is 0 Å². The van der Waals surface area contributed by atoms with Crippen LogP contribution in [0.15, 0.2) is 0 Å². The lowest BCUT2D eigenvalue weighted by molar-refractivity contribution is -0.471. The Morgan fingerprint density at radius 3 is 1.36 bits per heavy atom. The monoisotopic (exact) mass is 173 g/mol. The molecule has 0 amide bonds. The summed E-state index contributed by atoms with van der Waals surface area (Å²) in [4.78, 5) is 8.25. The molecule has 10 nitrogen and oxygen atoms in total. The Morgan fingerprint density at radius 1 is 1.27 bits per heavy atom. The molecule has 0 spiro atoms. The zero-order valence-corrected chi connectivity index (χ0v) is 5.40. The second kappa shape index (κ2) is 15.7. The van der Waals surface area contributed by atoms with Crippen molar-refractivity contribution < 1.29 is 21.1 Å². The van der Waals surface area contributed by atoms with Crippen LogP contribution in [0.25, 0.3) is 0 Å². The minimum Gasteiger partial charge on any atom is -0.412 e. The first kappa shape index (κ1) is 22.9. The molecule has 0 aliphatic carbocycles. The van der Waals surface area contributed by atoms with Crippen LogP contribution in [0.1, 0.15) is 0 Å². The highest BCUT2D eigenvalue weighted by Crippen LogP contribution is 1.44. The Labute approximate surface area is 61.0 Å². The normalized spacial score (nSPS) is 5.09. The topological polar surface area (TPSA) is 221 Å². The van der Waals surface area contributed by atoms with Crippen molar-refractivity contribution in [3.05, 3.63) is 15.3 Å². The number of hydrogen-bond acceptors (Lipinski definition) is 4. The highest BCUT2D eigenvalue weighted by molar-refractivity contribution is 5.68. The van der Waals surface area contributed by atoms with E-state index in [4.69, 9.17) is 26.8 Å². The second-order valence-electron chi connectivity index (χ2n) is 0.823. The summed E-state index contributed by atoms with van der Waals surface area (Å²) in [6.45, 7) is 0. The van der Waals surface area contributed by atoms with Crippen molar-refractivity contribution in [3.63, 3.8) is 0 Å². The lowest BCUT2D eigenvalue weighted by Gasteiger charge is -1.74. The Balaban J connectivity index is -0.0000000383. The van der Waals surface area contributed by atoms with Gasteiger partial charge in [-0.2, -0.15) is 5.10 Å². The molecule has 0 unspecified atom stereocenters. The molecule has 0 aliphatic rings. The molecule has 70 valence electrons. The van der Waals surface area contributed by atoms with Crippen molar-refractivity contribution in [1.29, 1.82) is 0 Å². The van der Waals surface area contributed by atoms with Gasteiger partial charge in [0.25, 0.3) is 0 Å². The van der Waals surface area contributed by atoms with Crippen molar-refractivity contribution in [2.45, 2.75) is 0 Å². The number of hydrazine groups is 1. The maximum Gasteiger partial charge on any atom is 0.360 e. The molecule has 0 radical (unpaired) electrons. The molecule has 11 N–H and O–H groups in total. The van der Waals surface area contributed by atoms with Gasteiger partial charge >= 0.3 is 5.96 Å². The average Bonchev–Trinajstić information content (AvgIpc) is 1.65. The first-order valence-corrected chi connectivity index (χ1v) is 1.66. The van der Waals surface area contributed by atoms with Crippen molar-refractivity contribution in [1.82, 2.24) is 0 Å². The van der Waals surface area contributed by atoms with Crippen molar-refractivity contribution in [2.75, 3.05) is 0 Å². The lowest BCUT2D eigenvalue weighted by atomic mass is 11.1. The molecule has 11 heavy (non-hydrogen) atoms. The third-order valence-corrected chi connectivity index (χ3v) is 0.167. The van der Waals surface area contributed by atoms with Gasteiger partial charge in [-0.15, -0.1) is 0 Å². The summed E-state index contributed by atoms with van der Waals surface area (Å²) in [7, 11) is 0. The Morgan fingerprint density at radius 2 is 1.36 bits per heavy atom. The summed E-state index contributed by atoms with van der Waals surface area (Å²) >= 11 is 0. The number of hydrogen-bond donors (Lipinski definition) is 4. The molecule has 0 rings (SSSR count). The van der Waals surface area contributed by atoms with E-state index in [0.29, 0.717) is 0 Å². The molecule has 0 fully saturated rings. The summed E-state index contributed by atoms with van der Waals surface area (Å²) in [5, 5.41) is 16.8. The number of guanidine groups is 1. The van der Waals surface area contributed by atoms with E-state index >= 15 is 0 Å². The van der Waals surface area contributed by atoms with Crippen LogP contribution in [0.4, 0.5) is 0 Å². The van der Waals surface area contributed by atoms with Crippen LogP contribution in [0.2, 0.25) is 0 Å². The summed E-state index contributed by atoms with van der Waals surface area (Å²) in [5.41, 5.74) is 9.50. The maximum atomic E-state index is 8.25. The molecular formula is CH11N5O5. The lowest BCUT2D eigenvalue weighted by Crippen LogP contribution is -2.84. The standard InChI is InChI=1S/CH6N4.NO3.2H2O/c2-1(3)5-4;2-1(3)4;;/h4H2,(H4,2,3,5);;2*1H2/q;-1;;/p+1. The van der Waals surface area contributed by atoms with Gasteiger partial charge in [-0.1, -0.05) is 0 Å². The van der Waals surface area contributed by atoms with Crippen LogP contribution < -0.4 is 22.4 Å². The average molecular weight is 173 g/mol. The quantitative estimate of drug-likeness (QED) is 0.0916. The summed E-state index contributed by atoms with van der Waals surface area (Å²) < 4.78 is 0. The zero-order valence-electron chi connectivity index (χ0n) is 5.40. The van der Waals surface area contributed by atoms with Crippen molar-refractivity contribution in [3.8, 4) is 0 Å². The summed E-state index contributed by atoms with van der Waals surface area (Å²) in [6, 6.07) is 0. The first-order valence-electron chi connectivity index (χ1n) is 1.66. The molecule has 0 aromatic carbocycles. The van der Waals surface area contributed by atoms with Gasteiger partial charge in [0.2, 0.25) is 0 Å². The van der Waals surface area contributed by atoms with E-state index in [1.807, 2.05) is 5.10 Å². The number of nitrogens with one attached hydrogen (secondary N) is 1. The van der Waals surface area contributed by atoms with Crippen LogP contribution in [0, 0.1) is 15.3 Å². The second-order valence-corrected chi connectivity index (χ2v) is 0.823. The van der Waals surface area contributed by atoms with Crippen LogP contribution in [-0.4, -0.2) is 22.0 Å². The van der Waals surface area contributed by atoms with Crippen molar-refractivity contribution in [2.24, 2.45) is 17.3 Å². The van der Waals surface area contributed by atoms with Crippen LogP contribution >= 0.6 is 0 Å². The summed E-state index contributed by atoms with van der Waals surface area (Å²) in [5.74, 6) is 4.67. The van der Waals surface area contributed by atoms with E-state index in [0.717, 1.165) is 0 Å². The third kappa shape index (κ3) is 8690. The van der Waals surface area contributed by atoms with Gasteiger partial charge in [-0.3, -0.25) is 17.3 Å². The molecule has 0 saturated carbocycles. The highest BCUT2D eigenvalue weighted by atomic mass is 16.9. The molecule has 0 aliphatic heterocycles. The fourth-order valence-corrected chi connectivity index (χ4v) is 0. The highest BCUT2D eigenvalue weighted by Gasteiger charge is 1.72. The van der Waals surface area contributed by atoms with Gasteiger partial charge in [0, 0.05) is 0 Å². The van der Waals surface area contributed by atoms with E-state index < -0.39 is 5.09 Å². The van der Waals surface area contributed by atoms with E-state index in [2.05, 4.69) is 5.84 Å². The van der Waals surface area contributed by atoms with Crippen LogP contribution in [0.5, 0.6) is 0 Å². The predicted molar refractivity (Wildman–Crippen MR) is 36.1 cm³/mol. The summed E-state index contributed by atoms with van der Waals surface area (Å²) in [6.07, 6.45) is 0. The molecule has 0 bridgehead atoms. The predicted octanol–water partition coefficient (Wildman–Crippen LogP) is -5.67. The minimum absolute atomic E-state index is 0. The van der Waals surface area contributed by atoms with Crippen LogP contribution in [-0.2, 0) is 0 Å². The van der Waals surface area contributed by atoms with Gasteiger partial charge in [0.1, 0.15) is 0 Å². The minimum atomic E-state index is -1.75. The van der Waals surface area contributed by atoms with E-state index in [1.165, 1.54) is 0 Å². The smallest absolute Gasteiger partial charge is 0.360 e. The molecule has 0 heterocycles. The number of nitrogens with two attached hydrogens (primary N) is 3. The Kier molecular flexibility index (Phi) is 32.7. The molecule has 0 aromatic heterocycles. The zero-order chi connectivity index (χ0) is 7.86. The molecule has 0 saturated heterocycles. The van der Waals surface area contributed by atoms with E-state index in [-0.39, 0.29) is 16.9 Å². The van der Waals surface area contributed by atoms with Gasteiger partial charge in [-0.25, -0.2) is 0 Å². The molecule has 0 aromatic rings. The third-order valence-electron chi connectivity index (χ3n) is 0.167. The SMILES string of the molecule is N[NH+]=C(N)N.O.O.O=[N+]([O-])[O-]. The molecule has 0 atom stereocenters. The van der Waals surface area contributed by atoms with E-state index in [9.17, 15) is 0 Å². The van der Waals surface area contributed by atoms with Crippen molar-refractivity contribution >= 4 is 5.96 Å². The van der Waals surface area contributed by atoms with Gasteiger partial charge < -0.3 is 26.3 Å². The molecule has 10 heteroatoms. The Hall–Kier alpha value is -1.81. The van der Waals surface area contributed by atoms with Gasteiger partial charge in [0.05, 0.1) is 5.09 Å². The van der Waals surface area contributed by atoms with Crippen LogP contribution in [0.3, 0.4) is 0 Å². The number of hydrazone groups is 1. The fourth-order valence-electron chi connectivity index (χ4n) is 0. The first-order chi connectivity index (χ1) is 4.00. The largest absolute Gasteiger partial charge is 0.412 e. The number of nitrogens with zero attached hydrogens (tertiary/aromatic N) is 1. The Bertz CT molecular complexity index is 103. The fraction of sp³-hybridized carbons (Fsp3) is 0. The van der Waals surface area contributed by atoms with E-state index in [1.54, 1.807) is 0 Å². The molecular weight excluding hydrogens is 162 g/mol. The maximum absolute atomic E-state index is 8.25. The number of rotatable bonds is 0. The van der Waals surface area contributed by atoms with Gasteiger partial charge in [0.15, 0.2) is 0 Å².